The van der Waals surface area contributed by atoms with Gasteiger partial charge >= 0.3 is 0 Å². The van der Waals surface area contributed by atoms with Gasteiger partial charge in [0.05, 0.1) is 5.69 Å². The highest BCUT2D eigenvalue weighted by molar-refractivity contribution is 5.98. The van der Waals surface area contributed by atoms with Gasteiger partial charge in [0, 0.05) is 22.4 Å². The fourth-order valence-electron chi connectivity index (χ4n) is 7.06. The first-order chi connectivity index (χ1) is 21.6. The van der Waals surface area contributed by atoms with E-state index in [1.807, 2.05) is 0 Å². The Kier molecular flexibility index (Phi) is 6.20. The summed E-state index contributed by atoms with van der Waals surface area (Å²) in [7, 11) is 0. The summed E-state index contributed by atoms with van der Waals surface area (Å²) in [6, 6.07) is 59.5. The van der Waals surface area contributed by atoms with E-state index in [0.717, 1.165) is 17.1 Å². The number of para-hydroxylation sites is 2. The number of benzene rings is 7. The standard InChI is InChI=1S/C43H33N/c1-43(2)40-23-13-11-21-37(40)39-28-31-25-26-34(27-32(31)29-41(39)43)44(33-17-7-4-8-18-33)42-24-14-12-22-38(42)36-20-10-9-19-35(36)30-15-5-3-6-16-30/h3-29H,1-2H3. The van der Waals surface area contributed by atoms with Crippen LogP contribution in [0.15, 0.2) is 164 Å². The van der Waals surface area contributed by atoms with Gasteiger partial charge in [0.25, 0.3) is 0 Å². The lowest BCUT2D eigenvalue weighted by molar-refractivity contribution is 0.661. The third-order valence-electron chi connectivity index (χ3n) is 9.24. The lowest BCUT2D eigenvalue weighted by Crippen LogP contribution is -2.15. The van der Waals surface area contributed by atoms with Crippen LogP contribution in [0.25, 0.3) is 44.2 Å². The van der Waals surface area contributed by atoms with Crippen LogP contribution in [-0.2, 0) is 5.41 Å². The second kappa shape index (κ2) is 10.4. The highest BCUT2D eigenvalue weighted by atomic mass is 15.1. The zero-order valence-electron chi connectivity index (χ0n) is 25.0. The molecule has 0 heterocycles. The maximum atomic E-state index is 2.42. The predicted octanol–water partition coefficient (Wildman–Crippen LogP) is 11.9. The maximum Gasteiger partial charge on any atom is 0.0540 e. The van der Waals surface area contributed by atoms with Crippen molar-refractivity contribution in [3.63, 3.8) is 0 Å². The Hall–Kier alpha value is -5.40. The molecule has 0 N–H and O–H groups in total. The van der Waals surface area contributed by atoms with Crippen LogP contribution in [0.4, 0.5) is 17.1 Å². The molecule has 0 saturated carbocycles. The van der Waals surface area contributed by atoms with E-state index in [4.69, 9.17) is 0 Å². The van der Waals surface area contributed by atoms with Crippen LogP contribution < -0.4 is 4.90 Å². The molecule has 0 amide bonds. The Balaban J connectivity index is 1.32. The van der Waals surface area contributed by atoms with Crippen LogP contribution in [0.3, 0.4) is 0 Å². The van der Waals surface area contributed by atoms with Gasteiger partial charge in [0.1, 0.15) is 0 Å². The van der Waals surface area contributed by atoms with Gasteiger partial charge in [-0.1, -0.05) is 135 Å². The summed E-state index contributed by atoms with van der Waals surface area (Å²) in [6.45, 7) is 4.70. The minimum Gasteiger partial charge on any atom is -0.310 e. The molecular weight excluding hydrogens is 530 g/mol. The molecular formula is C43H33N. The molecule has 0 bridgehead atoms. The largest absolute Gasteiger partial charge is 0.310 e. The smallest absolute Gasteiger partial charge is 0.0540 e. The van der Waals surface area contributed by atoms with Gasteiger partial charge in [-0.15, -0.1) is 0 Å². The second-order valence-corrected chi connectivity index (χ2v) is 12.2. The molecule has 7 aromatic rings. The molecule has 7 aromatic carbocycles. The van der Waals surface area contributed by atoms with Gasteiger partial charge in [-0.3, -0.25) is 0 Å². The SMILES string of the molecule is CC1(C)c2ccccc2-c2cc3ccc(N(c4ccccc4)c4ccccc4-c4ccccc4-c4ccccc4)cc3cc21. The van der Waals surface area contributed by atoms with Crippen molar-refractivity contribution in [2.45, 2.75) is 19.3 Å². The van der Waals surface area contributed by atoms with Gasteiger partial charge < -0.3 is 4.90 Å². The molecule has 1 aliphatic rings. The van der Waals surface area contributed by atoms with E-state index >= 15 is 0 Å². The van der Waals surface area contributed by atoms with Crippen molar-refractivity contribution in [1.82, 2.24) is 0 Å². The Bertz CT molecular complexity index is 2140. The molecule has 0 aliphatic heterocycles. The normalized spacial score (nSPS) is 13.0. The van der Waals surface area contributed by atoms with Gasteiger partial charge in [-0.25, -0.2) is 0 Å². The van der Waals surface area contributed by atoms with Crippen LogP contribution in [0, 0.1) is 0 Å². The first-order valence-corrected chi connectivity index (χ1v) is 15.4. The molecule has 0 aromatic heterocycles. The minimum atomic E-state index is -0.0387. The van der Waals surface area contributed by atoms with Gasteiger partial charge in [0.15, 0.2) is 0 Å². The second-order valence-electron chi connectivity index (χ2n) is 12.2. The van der Waals surface area contributed by atoms with Crippen LogP contribution in [0.5, 0.6) is 0 Å². The number of hydrogen-bond acceptors (Lipinski definition) is 1. The molecule has 0 saturated heterocycles. The van der Waals surface area contributed by atoms with E-state index < -0.39 is 0 Å². The Morgan fingerprint density at radius 3 is 1.77 bits per heavy atom. The van der Waals surface area contributed by atoms with E-state index in [1.165, 1.54) is 55.3 Å². The third kappa shape index (κ3) is 4.24. The fourth-order valence-corrected chi connectivity index (χ4v) is 7.06. The first-order valence-electron chi connectivity index (χ1n) is 15.4. The van der Waals surface area contributed by atoms with Crippen molar-refractivity contribution < 1.29 is 0 Å². The minimum absolute atomic E-state index is 0.0387. The Morgan fingerprint density at radius 2 is 1.00 bits per heavy atom. The molecule has 0 unspecified atom stereocenters. The third-order valence-corrected chi connectivity index (χ3v) is 9.24. The van der Waals surface area contributed by atoms with Crippen molar-refractivity contribution >= 4 is 27.8 Å². The van der Waals surface area contributed by atoms with E-state index in [1.54, 1.807) is 0 Å². The zero-order chi connectivity index (χ0) is 29.7. The van der Waals surface area contributed by atoms with Crippen LogP contribution in [-0.4, -0.2) is 0 Å². The van der Waals surface area contributed by atoms with Crippen molar-refractivity contribution in [3.8, 4) is 33.4 Å². The number of anilines is 3. The van der Waals surface area contributed by atoms with Crippen molar-refractivity contribution in [1.29, 1.82) is 0 Å². The predicted molar refractivity (Wildman–Crippen MR) is 187 cm³/mol. The lowest BCUT2D eigenvalue weighted by atomic mass is 9.82. The van der Waals surface area contributed by atoms with E-state index in [9.17, 15) is 0 Å². The van der Waals surface area contributed by atoms with Crippen LogP contribution in [0.2, 0.25) is 0 Å². The lowest BCUT2D eigenvalue weighted by Gasteiger charge is -2.29. The topological polar surface area (TPSA) is 3.24 Å². The first kappa shape index (κ1) is 26.2. The summed E-state index contributed by atoms with van der Waals surface area (Å²) in [4.78, 5) is 2.41. The summed E-state index contributed by atoms with van der Waals surface area (Å²) in [5, 5.41) is 2.51. The molecule has 0 spiro atoms. The zero-order valence-corrected chi connectivity index (χ0v) is 25.0. The monoisotopic (exact) mass is 563 g/mol. The summed E-state index contributed by atoms with van der Waals surface area (Å²) >= 11 is 0. The Morgan fingerprint density at radius 1 is 0.386 bits per heavy atom. The average Bonchev–Trinajstić information content (AvgIpc) is 3.30. The Labute approximate surface area is 259 Å². The van der Waals surface area contributed by atoms with Crippen LogP contribution >= 0.6 is 0 Å². The summed E-state index contributed by atoms with van der Waals surface area (Å²) in [5.74, 6) is 0. The molecule has 0 fully saturated rings. The number of fused-ring (bicyclic) bond motifs is 4. The quantitative estimate of drug-likeness (QED) is 0.201. The van der Waals surface area contributed by atoms with Gasteiger partial charge in [-0.2, -0.15) is 0 Å². The molecule has 0 radical (unpaired) electrons. The molecule has 1 aliphatic carbocycles. The average molecular weight is 564 g/mol. The van der Waals surface area contributed by atoms with Crippen LogP contribution in [0.1, 0.15) is 25.0 Å². The maximum absolute atomic E-state index is 2.42. The summed E-state index contributed by atoms with van der Waals surface area (Å²) in [6.07, 6.45) is 0. The molecule has 1 nitrogen and oxygen atoms in total. The van der Waals surface area contributed by atoms with E-state index in [-0.39, 0.29) is 5.41 Å². The highest BCUT2D eigenvalue weighted by Gasteiger charge is 2.35. The molecule has 8 rings (SSSR count). The highest BCUT2D eigenvalue weighted by Crippen LogP contribution is 2.50. The fraction of sp³-hybridized carbons (Fsp3) is 0.0698. The summed E-state index contributed by atoms with van der Waals surface area (Å²) in [5.41, 5.74) is 13.7. The number of nitrogens with zero attached hydrogens (tertiary/aromatic N) is 1. The number of rotatable bonds is 5. The van der Waals surface area contributed by atoms with E-state index in [2.05, 4.69) is 183 Å². The van der Waals surface area contributed by atoms with E-state index in [0.29, 0.717) is 0 Å². The summed E-state index contributed by atoms with van der Waals surface area (Å²) < 4.78 is 0. The molecule has 0 atom stereocenters. The van der Waals surface area contributed by atoms with Gasteiger partial charge in [0.2, 0.25) is 0 Å². The van der Waals surface area contributed by atoms with Crippen molar-refractivity contribution in [3.05, 3.63) is 175 Å². The molecule has 1 heteroatoms. The molecule has 210 valence electrons. The van der Waals surface area contributed by atoms with Gasteiger partial charge in [-0.05, 0) is 92.2 Å². The van der Waals surface area contributed by atoms with Crippen molar-refractivity contribution in [2.24, 2.45) is 0 Å². The number of hydrogen-bond donors (Lipinski definition) is 0. The molecule has 44 heavy (non-hydrogen) atoms. The van der Waals surface area contributed by atoms with Crippen molar-refractivity contribution in [2.75, 3.05) is 4.90 Å².